The SMILES string of the molecule is CC1CCN(c2ccc(NC(=O)c3ccc(NC4CCCCC4)nn3)cc2)CC1. The van der Waals surface area contributed by atoms with E-state index in [0.29, 0.717) is 11.7 Å². The highest BCUT2D eigenvalue weighted by Gasteiger charge is 2.17. The zero-order valence-electron chi connectivity index (χ0n) is 17.2. The first-order valence-electron chi connectivity index (χ1n) is 10.9. The molecule has 0 bridgehead atoms. The lowest BCUT2D eigenvalue weighted by Gasteiger charge is -2.32. The Bertz CT molecular complexity index is 791. The van der Waals surface area contributed by atoms with Gasteiger partial charge in [0.1, 0.15) is 5.82 Å². The predicted molar refractivity (Wildman–Crippen MR) is 118 cm³/mol. The number of amides is 1. The molecule has 6 nitrogen and oxygen atoms in total. The van der Waals surface area contributed by atoms with Crippen LogP contribution in [0.4, 0.5) is 17.2 Å². The maximum Gasteiger partial charge on any atom is 0.276 e. The van der Waals surface area contributed by atoms with Gasteiger partial charge in [0.15, 0.2) is 5.69 Å². The van der Waals surface area contributed by atoms with E-state index in [1.807, 2.05) is 18.2 Å². The second-order valence-corrected chi connectivity index (χ2v) is 8.45. The van der Waals surface area contributed by atoms with E-state index in [2.05, 4.69) is 44.8 Å². The van der Waals surface area contributed by atoms with E-state index in [-0.39, 0.29) is 5.91 Å². The normalized spacial score (nSPS) is 18.4. The van der Waals surface area contributed by atoms with Gasteiger partial charge < -0.3 is 15.5 Å². The van der Waals surface area contributed by atoms with Crippen LogP contribution in [-0.2, 0) is 0 Å². The fourth-order valence-electron chi connectivity index (χ4n) is 4.20. The van der Waals surface area contributed by atoms with Gasteiger partial charge in [-0.3, -0.25) is 4.79 Å². The summed E-state index contributed by atoms with van der Waals surface area (Å²) in [5, 5.41) is 14.6. The molecule has 0 spiro atoms. The van der Waals surface area contributed by atoms with E-state index in [0.717, 1.165) is 30.5 Å². The lowest BCUT2D eigenvalue weighted by molar-refractivity contribution is 0.102. The van der Waals surface area contributed by atoms with Crippen LogP contribution in [0.2, 0.25) is 0 Å². The average molecular weight is 394 g/mol. The molecule has 154 valence electrons. The summed E-state index contributed by atoms with van der Waals surface area (Å²) >= 11 is 0. The maximum atomic E-state index is 12.5. The highest BCUT2D eigenvalue weighted by atomic mass is 16.1. The van der Waals surface area contributed by atoms with Crippen LogP contribution in [0.15, 0.2) is 36.4 Å². The molecule has 1 saturated carbocycles. The fraction of sp³-hybridized carbons (Fsp3) is 0.522. The van der Waals surface area contributed by atoms with E-state index < -0.39 is 0 Å². The van der Waals surface area contributed by atoms with Crippen molar-refractivity contribution in [1.82, 2.24) is 10.2 Å². The zero-order valence-corrected chi connectivity index (χ0v) is 17.2. The minimum Gasteiger partial charge on any atom is -0.372 e. The summed E-state index contributed by atoms with van der Waals surface area (Å²) in [6.45, 7) is 4.52. The molecule has 2 aliphatic rings. The second kappa shape index (κ2) is 9.25. The van der Waals surface area contributed by atoms with E-state index >= 15 is 0 Å². The monoisotopic (exact) mass is 393 g/mol. The molecule has 1 aliphatic heterocycles. The van der Waals surface area contributed by atoms with Gasteiger partial charge >= 0.3 is 0 Å². The first-order valence-corrected chi connectivity index (χ1v) is 10.9. The molecule has 1 aromatic carbocycles. The summed E-state index contributed by atoms with van der Waals surface area (Å²) in [5.74, 6) is 1.32. The van der Waals surface area contributed by atoms with Crippen molar-refractivity contribution in [2.75, 3.05) is 28.6 Å². The second-order valence-electron chi connectivity index (χ2n) is 8.45. The van der Waals surface area contributed by atoms with Crippen LogP contribution in [0, 0.1) is 5.92 Å². The van der Waals surface area contributed by atoms with Crippen LogP contribution in [0.3, 0.4) is 0 Å². The number of nitrogens with one attached hydrogen (secondary N) is 2. The first-order chi connectivity index (χ1) is 14.2. The van der Waals surface area contributed by atoms with Crippen LogP contribution in [0.5, 0.6) is 0 Å². The van der Waals surface area contributed by atoms with Crippen molar-refractivity contribution in [3.63, 3.8) is 0 Å². The van der Waals surface area contributed by atoms with E-state index in [4.69, 9.17) is 0 Å². The van der Waals surface area contributed by atoms with E-state index in [1.54, 1.807) is 6.07 Å². The molecule has 0 atom stereocenters. The first kappa shape index (κ1) is 19.7. The number of rotatable bonds is 5. The summed E-state index contributed by atoms with van der Waals surface area (Å²) < 4.78 is 0. The molecule has 2 N–H and O–H groups in total. The number of benzene rings is 1. The predicted octanol–water partition coefficient (Wildman–Crippen LogP) is 4.71. The summed E-state index contributed by atoms with van der Waals surface area (Å²) in [6.07, 6.45) is 8.68. The minimum absolute atomic E-state index is 0.235. The van der Waals surface area contributed by atoms with Crippen LogP contribution in [0.25, 0.3) is 0 Å². The Hall–Kier alpha value is -2.63. The quantitative estimate of drug-likeness (QED) is 0.770. The standard InChI is InChI=1S/C23H31N5O/c1-17-13-15-28(16-14-17)20-9-7-19(8-10-20)25-23(29)21-11-12-22(27-26-21)24-18-5-3-2-4-6-18/h7-12,17-18H,2-6,13-16H2,1H3,(H,24,27)(H,25,29). The molecule has 1 aromatic heterocycles. The van der Waals surface area contributed by atoms with Crippen LogP contribution in [-0.4, -0.2) is 35.2 Å². The Morgan fingerprint density at radius 1 is 0.931 bits per heavy atom. The number of piperidine rings is 1. The van der Waals surface area contributed by atoms with Gasteiger partial charge in [0, 0.05) is 30.5 Å². The average Bonchev–Trinajstić information content (AvgIpc) is 2.76. The summed E-state index contributed by atoms with van der Waals surface area (Å²) in [6, 6.07) is 12.1. The molecule has 2 heterocycles. The maximum absolute atomic E-state index is 12.5. The van der Waals surface area contributed by atoms with Crippen molar-refractivity contribution in [1.29, 1.82) is 0 Å². The molecular weight excluding hydrogens is 362 g/mol. The third kappa shape index (κ3) is 5.25. The number of hydrogen-bond acceptors (Lipinski definition) is 5. The number of carbonyl (C=O) groups is 1. The molecule has 1 amide bonds. The van der Waals surface area contributed by atoms with Gasteiger partial charge in [-0.15, -0.1) is 10.2 Å². The van der Waals surface area contributed by atoms with E-state index in [9.17, 15) is 4.79 Å². The minimum atomic E-state index is -0.235. The van der Waals surface area contributed by atoms with Crippen molar-refractivity contribution >= 4 is 23.1 Å². The third-order valence-corrected chi connectivity index (χ3v) is 6.13. The topological polar surface area (TPSA) is 70.2 Å². The molecule has 2 aromatic rings. The van der Waals surface area contributed by atoms with Gasteiger partial charge in [-0.1, -0.05) is 26.2 Å². The molecular formula is C23H31N5O. The Kier molecular flexibility index (Phi) is 6.27. The lowest BCUT2D eigenvalue weighted by atomic mass is 9.95. The van der Waals surface area contributed by atoms with Gasteiger partial charge in [-0.25, -0.2) is 0 Å². The van der Waals surface area contributed by atoms with Crippen molar-refractivity contribution in [3.8, 4) is 0 Å². The van der Waals surface area contributed by atoms with Crippen molar-refractivity contribution in [2.24, 2.45) is 5.92 Å². The number of carbonyl (C=O) groups excluding carboxylic acids is 1. The van der Waals surface area contributed by atoms with Crippen LogP contribution in [0.1, 0.15) is 62.4 Å². The van der Waals surface area contributed by atoms with Crippen molar-refractivity contribution in [2.45, 2.75) is 57.9 Å². The third-order valence-electron chi connectivity index (χ3n) is 6.13. The Labute approximate surface area is 173 Å². The molecule has 6 heteroatoms. The van der Waals surface area contributed by atoms with Crippen molar-refractivity contribution < 1.29 is 4.79 Å². The fourth-order valence-corrected chi connectivity index (χ4v) is 4.20. The molecule has 0 unspecified atom stereocenters. The molecule has 29 heavy (non-hydrogen) atoms. The molecule has 0 radical (unpaired) electrons. The number of anilines is 3. The van der Waals surface area contributed by atoms with Gasteiger partial charge in [0.05, 0.1) is 0 Å². The van der Waals surface area contributed by atoms with Gasteiger partial charge in [-0.05, 0) is 68.0 Å². The molecule has 2 fully saturated rings. The highest BCUT2D eigenvalue weighted by Crippen LogP contribution is 2.24. The highest BCUT2D eigenvalue weighted by molar-refractivity contribution is 6.02. The van der Waals surface area contributed by atoms with Crippen molar-refractivity contribution in [3.05, 3.63) is 42.1 Å². The summed E-state index contributed by atoms with van der Waals surface area (Å²) in [7, 11) is 0. The van der Waals surface area contributed by atoms with Gasteiger partial charge in [0.2, 0.25) is 0 Å². The molecule has 1 aliphatic carbocycles. The van der Waals surface area contributed by atoms with Gasteiger partial charge in [0.25, 0.3) is 5.91 Å². The Morgan fingerprint density at radius 3 is 2.31 bits per heavy atom. The number of hydrogen-bond donors (Lipinski definition) is 2. The van der Waals surface area contributed by atoms with Crippen LogP contribution < -0.4 is 15.5 Å². The summed E-state index contributed by atoms with van der Waals surface area (Å²) in [5.41, 5.74) is 2.32. The Balaban J connectivity index is 1.31. The summed E-state index contributed by atoms with van der Waals surface area (Å²) in [4.78, 5) is 14.9. The largest absolute Gasteiger partial charge is 0.372 e. The number of aromatic nitrogens is 2. The molecule has 1 saturated heterocycles. The van der Waals surface area contributed by atoms with E-state index in [1.165, 1.54) is 50.6 Å². The Morgan fingerprint density at radius 2 is 1.66 bits per heavy atom. The smallest absolute Gasteiger partial charge is 0.276 e. The number of nitrogens with zero attached hydrogens (tertiary/aromatic N) is 3. The lowest BCUT2D eigenvalue weighted by Crippen LogP contribution is -2.32. The molecule has 4 rings (SSSR count). The van der Waals surface area contributed by atoms with Crippen LogP contribution >= 0.6 is 0 Å². The zero-order chi connectivity index (χ0) is 20.1. The van der Waals surface area contributed by atoms with Gasteiger partial charge in [-0.2, -0.15) is 0 Å².